The van der Waals surface area contributed by atoms with E-state index in [9.17, 15) is 14.3 Å². The minimum Gasteiger partial charge on any atom is -0.392 e. The molecule has 1 aromatic heterocycles. The molecule has 2 aromatic rings. The third-order valence-electron chi connectivity index (χ3n) is 4.03. The predicted molar refractivity (Wildman–Crippen MR) is 88.6 cm³/mol. The van der Waals surface area contributed by atoms with Gasteiger partial charge in [0.25, 0.3) is 0 Å². The summed E-state index contributed by atoms with van der Waals surface area (Å²) in [4.78, 5) is 14.2. The third kappa shape index (κ3) is 3.80. The molecule has 1 aliphatic heterocycles. The number of rotatable bonds is 4. The second-order valence-corrected chi connectivity index (χ2v) is 6.11. The molecule has 1 saturated heterocycles. The standard InChI is InChI=1S/C17H21FN4O2/c1-12-9-16(22(20-12)15-7-3-2-6-14(15)18)19-17(24)11-21-8-4-5-13(23)10-21/h2-3,6-7,9,13,23H,4-5,8,10-11H2,1H3,(H,19,24). The molecule has 1 atom stereocenters. The lowest BCUT2D eigenvalue weighted by Crippen LogP contribution is -2.42. The number of nitrogens with zero attached hydrogens (tertiary/aromatic N) is 3. The second-order valence-electron chi connectivity index (χ2n) is 6.11. The molecule has 1 fully saturated rings. The Morgan fingerprint density at radius 2 is 2.25 bits per heavy atom. The number of aliphatic hydroxyl groups excluding tert-OH is 1. The van der Waals surface area contributed by atoms with Gasteiger partial charge in [-0.2, -0.15) is 5.10 Å². The molecule has 128 valence electrons. The van der Waals surface area contributed by atoms with E-state index >= 15 is 0 Å². The molecular weight excluding hydrogens is 311 g/mol. The number of para-hydroxylation sites is 1. The topological polar surface area (TPSA) is 70.4 Å². The SMILES string of the molecule is Cc1cc(NC(=O)CN2CCCC(O)C2)n(-c2ccccc2F)n1. The van der Waals surface area contributed by atoms with Crippen LogP contribution in [0.15, 0.2) is 30.3 Å². The maximum Gasteiger partial charge on any atom is 0.239 e. The molecule has 2 heterocycles. The zero-order valence-electron chi connectivity index (χ0n) is 13.6. The van der Waals surface area contributed by atoms with Crippen molar-refractivity contribution in [2.24, 2.45) is 0 Å². The number of carbonyl (C=O) groups is 1. The van der Waals surface area contributed by atoms with E-state index < -0.39 is 5.82 Å². The number of carbonyl (C=O) groups excluding carboxylic acids is 1. The molecule has 1 amide bonds. The number of β-amino-alcohol motifs (C(OH)–C–C–N with tert-alkyl or cyclic N) is 1. The number of hydrogen-bond acceptors (Lipinski definition) is 4. The number of likely N-dealkylation sites (tertiary alicyclic amines) is 1. The van der Waals surface area contributed by atoms with Gasteiger partial charge in [-0.05, 0) is 38.4 Å². The van der Waals surface area contributed by atoms with Crippen LogP contribution in [-0.4, -0.2) is 51.4 Å². The van der Waals surface area contributed by atoms with Crippen LogP contribution in [0.25, 0.3) is 5.69 Å². The third-order valence-corrected chi connectivity index (χ3v) is 4.03. The molecule has 2 N–H and O–H groups in total. The van der Waals surface area contributed by atoms with E-state index in [4.69, 9.17) is 0 Å². The van der Waals surface area contributed by atoms with Crippen molar-refractivity contribution in [1.82, 2.24) is 14.7 Å². The first-order chi connectivity index (χ1) is 11.5. The Hall–Kier alpha value is -2.25. The van der Waals surface area contributed by atoms with Crippen molar-refractivity contribution in [3.63, 3.8) is 0 Å². The molecule has 3 rings (SSSR count). The van der Waals surface area contributed by atoms with Gasteiger partial charge in [-0.1, -0.05) is 12.1 Å². The van der Waals surface area contributed by atoms with Crippen molar-refractivity contribution in [1.29, 1.82) is 0 Å². The number of amides is 1. The summed E-state index contributed by atoms with van der Waals surface area (Å²) in [5.74, 6) is -0.183. The lowest BCUT2D eigenvalue weighted by molar-refractivity contribution is -0.118. The number of piperidine rings is 1. The number of anilines is 1. The Kier molecular flexibility index (Phi) is 4.92. The molecule has 0 radical (unpaired) electrons. The first kappa shape index (κ1) is 16.6. The van der Waals surface area contributed by atoms with Gasteiger partial charge >= 0.3 is 0 Å². The molecule has 1 unspecified atom stereocenters. The summed E-state index contributed by atoms with van der Waals surface area (Å²) in [5, 5.41) is 16.7. The summed E-state index contributed by atoms with van der Waals surface area (Å²) in [6.45, 7) is 3.27. The van der Waals surface area contributed by atoms with Crippen molar-refractivity contribution in [3.05, 3.63) is 41.8 Å². The van der Waals surface area contributed by atoms with Crippen molar-refractivity contribution in [2.45, 2.75) is 25.9 Å². The van der Waals surface area contributed by atoms with E-state index in [2.05, 4.69) is 10.4 Å². The molecule has 1 aliphatic rings. The summed E-state index contributed by atoms with van der Waals surface area (Å²) >= 11 is 0. The smallest absolute Gasteiger partial charge is 0.239 e. The van der Waals surface area contributed by atoms with Crippen LogP contribution in [-0.2, 0) is 4.79 Å². The average molecular weight is 332 g/mol. The van der Waals surface area contributed by atoms with E-state index in [1.807, 2.05) is 4.90 Å². The zero-order chi connectivity index (χ0) is 17.1. The minimum absolute atomic E-state index is 0.193. The predicted octanol–water partition coefficient (Wildman–Crippen LogP) is 1.72. The monoisotopic (exact) mass is 332 g/mol. The van der Waals surface area contributed by atoms with Gasteiger partial charge < -0.3 is 10.4 Å². The summed E-state index contributed by atoms with van der Waals surface area (Å²) in [5.41, 5.74) is 0.969. The maximum absolute atomic E-state index is 14.0. The molecule has 0 aliphatic carbocycles. The van der Waals surface area contributed by atoms with Gasteiger partial charge in [-0.25, -0.2) is 9.07 Å². The molecule has 6 nitrogen and oxygen atoms in total. The summed E-state index contributed by atoms with van der Waals surface area (Å²) in [7, 11) is 0. The van der Waals surface area contributed by atoms with Gasteiger partial charge in [0.05, 0.1) is 18.3 Å². The molecule has 0 saturated carbocycles. The van der Waals surface area contributed by atoms with Crippen LogP contribution in [0.2, 0.25) is 0 Å². The Morgan fingerprint density at radius 3 is 3.00 bits per heavy atom. The molecule has 0 spiro atoms. The highest BCUT2D eigenvalue weighted by atomic mass is 19.1. The van der Waals surface area contributed by atoms with E-state index in [1.165, 1.54) is 10.7 Å². The highest BCUT2D eigenvalue weighted by Crippen LogP contribution is 2.19. The quantitative estimate of drug-likeness (QED) is 0.894. The van der Waals surface area contributed by atoms with Crippen LogP contribution >= 0.6 is 0 Å². The number of aryl methyl sites for hydroxylation is 1. The fraction of sp³-hybridized carbons (Fsp3) is 0.412. The second kappa shape index (κ2) is 7.11. The van der Waals surface area contributed by atoms with Gasteiger partial charge in [0.2, 0.25) is 5.91 Å². The summed E-state index contributed by atoms with van der Waals surface area (Å²) in [6, 6.07) is 7.99. The number of hydrogen-bond donors (Lipinski definition) is 2. The van der Waals surface area contributed by atoms with Crippen LogP contribution < -0.4 is 5.32 Å². The van der Waals surface area contributed by atoms with E-state index in [-0.39, 0.29) is 24.2 Å². The van der Waals surface area contributed by atoms with Gasteiger partial charge in [-0.15, -0.1) is 0 Å². The largest absolute Gasteiger partial charge is 0.392 e. The lowest BCUT2D eigenvalue weighted by atomic mass is 10.1. The molecule has 7 heteroatoms. The minimum atomic E-state index is -0.407. The van der Waals surface area contributed by atoms with Crippen molar-refractivity contribution in [3.8, 4) is 5.69 Å². The molecule has 0 bridgehead atoms. The molecular formula is C17H21FN4O2. The zero-order valence-corrected chi connectivity index (χ0v) is 13.6. The van der Waals surface area contributed by atoms with Crippen LogP contribution in [0.1, 0.15) is 18.5 Å². The number of nitrogens with one attached hydrogen (secondary N) is 1. The maximum atomic E-state index is 14.0. The average Bonchev–Trinajstić information content (AvgIpc) is 2.88. The molecule has 24 heavy (non-hydrogen) atoms. The fourth-order valence-corrected chi connectivity index (χ4v) is 2.96. The first-order valence-corrected chi connectivity index (χ1v) is 8.05. The van der Waals surface area contributed by atoms with Gasteiger partial charge in [0.15, 0.2) is 0 Å². The van der Waals surface area contributed by atoms with Crippen LogP contribution in [0.3, 0.4) is 0 Å². The number of benzene rings is 1. The van der Waals surface area contributed by atoms with Crippen molar-refractivity contribution < 1.29 is 14.3 Å². The lowest BCUT2D eigenvalue weighted by Gasteiger charge is -2.29. The highest BCUT2D eigenvalue weighted by Gasteiger charge is 2.21. The number of halogens is 1. The summed E-state index contributed by atoms with van der Waals surface area (Å²) < 4.78 is 15.4. The van der Waals surface area contributed by atoms with Crippen LogP contribution in [0.5, 0.6) is 0 Å². The number of aliphatic hydroxyl groups is 1. The van der Waals surface area contributed by atoms with Gasteiger partial charge in [0, 0.05) is 12.6 Å². The Balaban J connectivity index is 1.73. The Bertz CT molecular complexity index is 731. The van der Waals surface area contributed by atoms with E-state index in [0.717, 1.165) is 19.4 Å². The summed E-state index contributed by atoms with van der Waals surface area (Å²) in [6.07, 6.45) is 1.27. The number of aromatic nitrogens is 2. The van der Waals surface area contributed by atoms with Crippen LogP contribution in [0, 0.1) is 12.7 Å². The van der Waals surface area contributed by atoms with Gasteiger partial charge in [0.1, 0.15) is 17.3 Å². The van der Waals surface area contributed by atoms with Crippen LogP contribution in [0.4, 0.5) is 10.2 Å². The van der Waals surface area contributed by atoms with E-state index in [0.29, 0.717) is 18.1 Å². The van der Waals surface area contributed by atoms with Crippen molar-refractivity contribution in [2.75, 3.05) is 25.0 Å². The normalized spacial score (nSPS) is 18.5. The fourth-order valence-electron chi connectivity index (χ4n) is 2.96. The Morgan fingerprint density at radius 1 is 1.46 bits per heavy atom. The highest BCUT2D eigenvalue weighted by molar-refractivity contribution is 5.91. The Labute approximate surface area is 139 Å². The first-order valence-electron chi connectivity index (χ1n) is 8.05. The van der Waals surface area contributed by atoms with Crippen molar-refractivity contribution >= 4 is 11.7 Å². The molecule has 1 aromatic carbocycles. The van der Waals surface area contributed by atoms with E-state index in [1.54, 1.807) is 31.2 Å². The van der Waals surface area contributed by atoms with Gasteiger partial charge in [-0.3, -0.25) is 9.69 Å².